The summed E-state index contributed by atoms with van der Waals surface area (Å²) in [6, 6.07) is 13.5. The fourth-order valence-electron chi connectivity index (χ4n) is 8.23. The molecule has 8 atom stereocenters. The zero-order chi connectivity index (χ0) is 36.9. The standard InChI is InChI=1S/C40H50BrN3O7/c1-6-8-20-30(46)42-27(5)34(28-18-11-9-12-19-28)50-39(49)31-32-37(47)44(22-13-10-14-23-45)36(40(32)24-29(41)35(31)51-40)38(48)43(21-7-2)33-25(3)16-15-17-26(33)4/h6-7,9,11-12,15-19,27,29,31-32,34-36,45H,1-2,8,10,13-14,20-24H2,3-5H3,(H,42,46)/t27-,29?,31-,32+,34-,35-,36-,40+/m0/s1. The highest BCUT2D eigenvalue weighted by molar-refractivity contribution is 9.09. The molecule has 3 heterocycles. The van der Waals surface area contributed by atoms with Crippen molar-refractivity contribution in [2.45, 2.75) is 94.0 Å². The molecule has 11 heteroatoms. The number of amides is 3. The Morgan fingerprint density at radius 1 is 1.10 bits per heavy atom. The monoisotopic (exact) mass is 763 g/mol. The van der Waals surface area contributed by atoms with Crippen LogP contribution in [-0.2, 0) is 28.7 Å². The zero-order valence-corrected chi connectivity index (χ0v) is 31.3. The predicted octanol–water partition coefficient (Wildman–Crippen LogP) is 5.49. The van der Waals surface area contributed by atoms with Crippen LogP contribution in [0.5, 0.6) is 0 Å². The third-order valence-electron chi connectivity index (χ3n) is 10.4. The third-order valence-corrected chi connectivity index (χ3v) is 11.3. The Morgan fingerprint density at radius 2 is 1.80 bits per heavy atom. The summed E-state index contributed by atoms with van der Waals surface area (Å²) in [6.07, 6.45) is 4.71. The maximum absolute atomic E-state index is 15.0. The van der Waals surface area contributed by atoms with Crippen LogP contribution in [0.1, 0.15) is 68.2 Å². The van der Waals surface area contributed by atoms with Crippen LogP contribution in [0.4, 0.5) is 5.69 Å². The number of aliphatic hydroxyl groups excluding tert-OH is 1. The van der Waals surface area contributed by atoms with Crippen LogP contribution in [0.15, 0.2) is 73.8 Å². The molecule has 5 rings (SSSR count). The molecule has 0 aliphatic carbocycles. The number of unbranched alkanes of at least 4 members (excludes halogenated alkanes) is 2. The van der Waals surface area contributed by atoms with Gasteiger partial charge in [0.15, 0.2) is 0 Å². The van der Waals surface area contributed by atoms with Crippen LogP contribution in [0.3, 0.4) is 0 Å². The molecule has 0 saturated carbocycles. The Morgan fingerprint density at radius 3 is 2.45 bits per heavy atom. The van der Waals surface area contributed by atoms with E-state index in [9.17, 15) is 19.5 Å². The van der Waals surface area contributed by atoms with Gasteiger partial charge in [0.05, 0.1) is 24.0 Å². The molecular weight excluding hydrogens is 714 g/mol. The number of hydrogen-bond donors (Lipinski definition) is 2. The number of para-hydroxylation sites is 1. The number of allylic oxidation sites excluding steroid dienone is 1. The van der Waals surface area contributed by atoms with Gasteiger partial charge in [-0.05, 0) is 69.6 Å². The molecule has 51 heavy (non-hydrogen) atoms. The number of carbonyl (C=O) groups excluding carboxylic acids is 4. The van der Waals surface area contributed by atoms with Gasteiger partial charge in [0, 0.05) is 36.6 Å². The Balaban J connectivity index is 1.52. The summed E-state index contributed by atoms with van der Waals surface area (Å²) >= 11 is 3.76. The first-order chi connectivity index (χ1) is 24.5. The van der Waals surface area contributed by atoms with E-state index in [4.69, 9.17) is 9.47 Å². The number of rotatable bonds is 17. The second-order valence-corrected chi connectivity index (χ2v) is 15.1. The number of halogens is 1. The average molecular weight is 765 g/mol. The average Bonchev–Trinajstić information content (AvgIpc) is 3.70. The molecule has 1 unspecified atom stereocenters. The van der Waals surface area contributed by atoms with Crippen molar-refractivity contribution in [1.82, 2.24) is 10.2 Å². The van der Waals surface area contributed by atoms with Crippen LogP contribution in [0.2, 0.25) is 0 Å². The number of hydrogen-bond acceptors (Lipinski definition) is 7. The smallest absolute Gasteiger partial charge is 0.313 e. The number of esters is 1. The molecule has 10 nitrogen and oxygen atoms in total. The Labute approximate surface area is 309 Å². The molecule has 3 fully saturated rings. The van der Waals surface area contributed by atoms with Gasteiger partial charge in [-0.2, -0.15) is 0 Å². The molecule has 3 amide bonds. The quantitative estimate of drug-likeness (QED) is 0.0946. The lowest BCUT2D eigenvalue weighted by Gasteiger charge is -2.38. The van der Waals surface area contributed by atoms with Gasteiger partial charge >= 0.3 is 5.97 Å². The molecule has 2 aromatic carbocycles. The van der Waals surface area contributed by atoms with Crippen LogP contribution in [0, 0.1) is 25.7 Å². The fraction of sp³-hybridized carbons (Fsp3) is 0.500. The summed E-state index contributed by atoms with van der Waals surface area (Å²) in [7, 11) is 0. The number of alkyl halides is 1. The molecule has 2 N–H and O–H groups in total. The molecular formula is C40H50BrN3O7. The van der Waals surface area contributed by atoms with E-state index in [0.717, 1.165) is 16.8 Å². The highest BCUT2D eigenvalue weighted by atomic mass is 79.9. The summed E-state index contributed by atoms with van der Waals surface area (Å²) in [5, 5.41) is 12.4. The molecule has 0 aromatic heterocycles. The molecule has 2 aromatic rings. The Bertz CT molecular complexity index is 1600. The normalized spacial score (nSPS) is 25.9. The first-order valence-corrected chi connectivity index (χ1v) is 18.8. The molecule has 0 radical (unpaired) electrons. The number of carbonyl (C=O) groups is 4. The summed E-state index contributed by atoms with van der Waals surface area (Å²) in [6.45, 7) is 13.8. The number of anilines is 1. The topological polar surface area (TPSA) is 125 Å². The second kappa shape index (κ2) is 16.7. The number of benzene rings is 2. The molecule has 3 aliphatic rings. The van der Waals surface area contributed by atoms with E-state index in [2.05, 4.69) is 34.4 Å². The van der Waals surface area contributed by atoms with Gasteiger partial charge in [-0.15, -0.1) is 13.2 Å². The van der Waals surface area contributed by atoms with Crippen LogP contribution < -0.4 is 10.2 Å². The summed E-state index contributed by atoms with van der Waals surface area (Å²) in [5.74, 6) is -3.36. The van der Waals surface area contributed by atoms with E-state index in [1.807, 2.05) is 62.4 Å². The summed E-state index contributed by atoms with van der Waals surface area (Å²) in [5.41, 5.74) is 1.99. The van der Waals surface area contributed by atoms with E-state index < -0.39 is 47.7 Å². The van der Waals surface area contributed by atoms with Crippen molar-refractivity contribution in [3.05, 3.63) is 90.5 Å². The number of nitrogens with one attached hydrogen (secondary N) is 1. The minimum Gasteiger partial charge on any atom is -0.455 e. The maximum Gasteiger partial charge on any atom is 0.313 e. The van der Waals surface area contributed by atoms with Crippen molar-refractivity contribution in [2.24, 2.45) is 11.8 Å². The predicted molar refractivity (Wildman–Crippen MR) is 199 cm³/mol. The van der Waals surface area contributed by atoms with Crippen molar-refractivity contribution in [3.63, 3.8) is 0 Å². The molecule has 1 spiro atoms. The van der Waals surface area contributed by atoms with Gasteiger partial charge in [0.1, 0.15) is 17.7 Å². The van der Waals surface area contributed by atoms with E-state index in [1.54, 1.807) is 28.9 Å². The lowest BCUT2D eigenvalue weighted by atomic mass is 9.70. The van der Waals surface area contributed by atoms with Crippen molar-refractivity contribution in [2.75, 3.05) is 24.6 Å². The number of fused-ring (bicyclic) bond motifs is 1. The maximum atomic E-state index is 15.0. The lowest BCUT2D eigenvalue weighted by Crippen LogP contribution is -2.57. The van der Waals surface area contributed by atoms with Gasteiger partial charge < -0.3 is 29.7 Å². The molecule has 274 valence electrons. The van der Waals surface area contributed by atoms with Gasteiger partial charge in [0.25, 0.3) is 5.91 Å². The number of aliphatic hydroxyl groups is 1. The van der Waals surface area contributed by atoms with E-state index in [1.165, 1.54) is 0 Å². The first kappa shape index (κ1) is 38.4. The fourth-order valence-corrected chi connectivity index (χ4v) is 9.17. The van der Waals surface area contributed by atoms with E-state index >= 15 is 4.79 Å². The number of ether oxygens (including phenoxy) is 2. The summed E-state index contributed by atoms with van der Waals surface area (Å²) < 4.78 is 13.1. The highest BCUT2D eigenvalue weighted by Crippen LogP contribution is 2.60. The Kier molecular flexibility index (Phi) is 12.6. The largest absolute Gasteiger partial charge is 0.455 e. The van der Waals surface area contributed by atoms with Gasteiger partial charge in [-0.25, -0.2) is 0 Å². The Hall–Kier alpha value is -3.80. The van der Waals surface area contributed by atoms with Crippen LogP contribution in [-0.4, -0.2) is 82.0 Å². The molecule has 3 saturated heterocycles. The zero-order valence-electron chi connectivity index (χ0n) is 29.8. The van der Waals surface area contributed by atoms with E-state index in [0.29, 0.717) is 37.7 Å². The third kappa shape index (κ3) is 7.57. The first-order valence-electron chi connectivity index (χ1n) is 17.9. The van der Waals surface area contributed by atoms with Crippen LogP contribution in [0.25, 0.3) is 0 Å². The summed E-state index contributed by atoms with van der Waals surface area (Å²) in [4.78, 5) is 59.8. The minimum atomic E-state index is -1.28. The van der Waals surface area contributed by atoms with Crippen molar-refractivity contribution in [1.29, 1.82) is 0 Å². The number of nitrogens with zero attached hydrogens (tertiary/aromatic N) is 2. The van der Waals surface area contributed by atoms with Crippen molar-refractivity contribution >= 4 is 45.3 Å². The van der Waals surface area contributed by atoms with Crippen molar-refractivity contribution in [3.8, 4) is 0 Å². The number of aryl methyl sites for hydroxylation is 2. The molecule has 3 aliphatic heterocycles. The van der Waals surface area contributed by atoms with Gasteiger partial charge in [-0.3, -0.25) is 19.2 Å². The second-order valence-electron chi connectivity index (χ2n) is 13.9. The SMILES string of the molecule is C=CCCC(=O)N[C@@H](C)[C@H](OC(=O)[C@@H]1[C@H]2O[C@@]3(CC2Br)[C@H](C(=O)N(CC=C)c2c(C)cccc2C)N(CCCCCO)C(=O)[C@@H]13)c1ccccc1. The minimum absolute atomic E-state index is 0.0300. The van der Waals surface area contributed by atoms with Gasteiger partial charge in [0.2, 0.25) is 11.8 Å². The molecule has 2 bridgehead atoms. The number of likely N-dealkylation sites (tertiary alicyclic amines) is 1. The van der Waals surface area contributed by atoms with Crippen molar-refractivity contribution < 1.29 is 33.8 Å². The van der Waals surface area contributed by atoms with E-state index in [-0.39, 0.29) is 48.7 Å². The van der Waals surface area contributed by atoms with Gasteiger partial charge in [-0.1, -0.05) is 76.6 Å². The van der Waals surface area contributed by atoms with Crippen LogP contribution >= 0.6 is 15.9 Å². The highest BCUT2D eigenvalue weighted by Gasteiger charge is 2.77. The lowest BCUT2D eigenvalue weighted by molar-refractivity contribution is -0.162.